The predicted octanol–water partition coefficient (Wildman–Crippen LogP) is 1.69. The third-order valence-corrected chi connectivity index (χ3v) is 2.87. The number of rotatable bonds is 9. The quantitative estimate of drug-likeness (QED) is 0.592. The Hall–Kier alpha value is -0.610. The van der Waals surface area contributed by atoms with Crippen molar-refractivity contribution < 1.29 is 9.90 Å². The van der Waals surface area contributed by atoms with E-state index in [4.69, 9.17) is 10.8 Å². The molecule has 0 fully saturated rings. The highest BCUT2D eigenvalue weighted by molar-refractivity contribution is 5.77. The number of hydrogen-bond acceptors (Lipinski definition) is 3. The van der Waals surface area contributed by atoms with Gasteiger partial charge >= 0.3 is 5.97 Å². The number of carbonyl (C=O) groups is 1. The summed E-state index contributed by atoms with van der Waals surface area (Å²) in [5, 5.41) is 8.83. The predicted molar refractivity (Wildman–Crippen MR) is 66.5 cm³/mol. The van der Waals surface area contributed by atoms with Crippen LogP contribution in [-0.2, 0) is 4.79 Å². The highest BCUT2D eigenvalue weighted by atomic mass is 16.4. The summed E-state index contributed by atoms with van der Waals surface area (Å²) in [6.07, 6.45) is 4.87. The third-order valence-electron chi connectivity index (χ3n) is 2.87. The lowest BCUT2D eigenvalue weighted by Gasteiger charge is -2.20. The van der Waals surface area contributed by atoms with Crippen molar-refractivity contribution in [2.45, 2.75) is 51.5 Å². The maximum atomic E-state index is 10.8. The van der Waals surface area contributed by atoms with E-state index in [-0.39, 0.29) is 0 Å². The number of nitrogens with zero attached hydrogens (tertiary/aromatic N) is 1. The first-order chi connectivity index (χ1) is 7.40. The van der Waals surface area contributed by atoms with Gasteiger partial charge in [0, 0.05) is 0 Å². The first kappa shape index (κ1) is 15.4. The summed E-state index contributed by atoms with van der Waals surface area (Å²) in [6.45, 7) is 5.90. The minimum atomic E-state index is -1.07. The molecule has 0 aromatic heterocycles. The van der Waals surface area contributed by atoms with E-state index in [0.29, 0.717) is 6.42 Å². The van der Waals surface area contributed by atoms with Gasteiger partial charge in [-0.2, -0.15) is 0 Å². The van der Waals surface area contributed by atoms with Crippen molar-refractivity contribution in [3.63, 3.8) is 0 Å². The van der Waals surface area contributed by atoms with Crippen LogP contribution < -0.4 is 5.73 Å². The van der Waals surface area contributed by atoms with E-state index >= 15 is 0 Å². The Morgan fingerprint density at radius 2 is 1.88 bits per heavy atom. The second-order valence-electron chi connectivity index (χ2n) is 4.84. The van der Waals surface area contributed by atoms with Gasteiger partial charge in [-0.1, -0.05) is 13.3 Å². The van der Waals surface area contributed by atoms with Crippen molar-refractivity contribution in [1.82, 2.24) is 4.90 Å². The second kappa shape index (κ2) is 7.63. The minimum Gasteiger partial charge on any atom is -0.480 e. The van der Waals surface area contributed by atoms with Gasteiger partial charge < -0.3 is 15.7 Å². The molecule has 0 spiro atoms. The third kappa shape index (κ3) is 6.80. The van der Waals surface area contributed by atoms with Gasteiger partial charge in [-0.25, -0.2) is 0 Å². The molecular formula is C12H26N2O2. The van der Waals surface area contributed by atoms with Crippen LogP contribution in [0.15, 0.2) is 0 Å². The average molecular weight is 230 g/mol. The second-order valence-corrected chi connectivity index (χ2v) is 4.84. The van der Waals surface area contributed by atoms with Crippen molar-refractivity contribution in [2.75, 3.05) is 20.1 Å². The van der Waals surface area contributed by atoms with Gasteiger partial charge in [-0.15, -0.1) is 0 Å². The molecule has 0 aliphatic rings. The maximum absolute atomic E-state index is 10.8. The molecule has 0 saturated heterocycles. The molecule has 0 amide bonds. The van der Waals surface area contributed by atoms with Gasteiger partial charge in [0.15, 0.2) is 0 Å². The first-order valence-electron chi connectivity index (χ1n) is 6.11. The van der Waals surface area contributed by atoms with Gasteiger partial charge in [0.2, 0.25) is 0 Å². The van der Waals surface area contributed by atoms with Gasteiger partial charge in [0.05, 0.1) is 0 Å². The fourth-order valence-electron chi connectivity index (χ4n) is 1.52. The molecule has 0 radical (unpaired) electrons. The van der Waals surface area contributed by atoms with Crippen molar-refractivity contribution in [3.8, 4) is 0 Å². The molecular weight excluding hydrogens is 204 g/mol. The van der Waals surface area contributed by atoms with E-state index in [9.17, 15) is 4.79 Å². The van der Waals surface area contributed by atoms with Crippen LogP contribution in [0.5, 0.6) is 0 Å². The Kier molecular flexibility index (Phi) is 7.34. The zero-order valence-electron chi connectivity index (χ0n) is 10.8. The Balaban J connectivity index is 3.56. The molecule has 3 N–H and O–H groups in total. The lowest BCUT2D eigenvalue weighted by atomic mass is 9.96. The van der Waals surface area contributed by atoms with Gasteiger partial charge in [-0.3, -0.25) is 4.79 Å². The summed E-state index contributed by atoms with van der Waals surface area (Å²) < 4.78 is 0. The molecule has 0 saturated carbocycles. The van der Waals surface area contributed by atoms with Crippen molar-refractivity contribution in [3.05, 3.63) is 0 Å². The lowest BCUT2D eigenvalue weighted by molar-refractivity contribution is -0.142. The van der Waals surface area contributed by atoms with E-state index in [1.807, 2.05) is 0 Å². The van der Waals surface area contributed by atoms with Gasteiger partial charge in [-0.05, 0) is 52.7 Å². The van der Waals surface area contributed by atoms with Crippen molar-refractivity contribution >= 4 is 5.97 Å². The zero-order valence-corrected chi connectivity index (χ0v) is 10.8. The van der Waals surface area contributed by atoms with E-state index in [1.165, 1.54) is 12.8 Å². The molecule has 4 nitrogen and oxygen atoms in total. The lowest BCUT2D eigenvalue weighted by Crippen LogP contribution is -2.44. The van der Waals surface area contributed by atoms with Crippen LogP contribution in [0, 0.1) is 0 Å². The van der Waals surface area contributed by atoms with Crippen LogP contribution in [0.1, 0.15) is 46.0 Å². The summed E-state index contributed by atoms with van der Waals surface area (Å²) >= 11 is 0. The summed E-state index contributed by atoms with van der Waals surface area (Å²) in [5.74, 6) is -0.910. The monoisotopic (exact) mass is 230 g/mol. The van der Waals surface area contributed by atoms with E-state index in [1.54, 1.807) is 6.92 Å². The molecule has 0 aromatic carbocycles. The molecule has 1 atom stereocenters. The van der Waals surface area contributed by atoms with E-state index in [2.05, 4.69) is 18.9 Å². The summed E-state index contributed by atoms with van der Waals surface area (Å²) in [4.78, 5) is 13.0. The van der Waals surface area contributed by atoms with Crippen LogP contribution in [-0.4, -0.2) is 41.7 Å². The zero-order chi connectivity index (χ0) is 12.6. The van der Waals surface area contributed by atoms with E-state index in [0.717, 1.165) is 25.9 Å². The topological polar surface area (TPSA) is 66.6 Å². The molecule has 16 heavy (non-hydrogen) atoms. The molecule has 4 heteroatoms. The highest BCUT2D eigenvalue weighted by Gasteiger charge is 2.26. The molecule has 1 unspecified atom stereocenters. The average Bonchev–Trinajstić information content (AvgIpc) is 2.21. The summed E-state index contributed by atoms with van der Waals surface area (Å²) in [7, 11) is 2.11. The van der Waals surface area contributed by atoms with Gasteiger partial charge in [0.25, 0.3) is 0 Å². The number of carboxylic acid groups (broad SMARTS) is 1. The fourth-order valence-corrected chi connectivity index (χ4v) is 1.52. The van der Waals surface area contributed by atoms with Crippen molar-refractivity contribution in [1.29, 1.82) is 0 Å². The fraction of sp³-hybridized carbons (Fsp3) is 0.917. The molecule has 0 bridgehead atoms. The van der Waals surface area contributed by atoms with Gasteiger partial charge in [0.1, 0.15) is 5.54 Å². The Morgan fingerprint density at radius 1 is 1.31 bits per heavy atom. The summed E-state index contributed by atoms with van der Waals surface area (Å²) in [6, 6.07) is 0. The standard InChI is InChI=1S/C12H26N2O2/c1-4-5-9-14(3)10-7-6-8-12(2,13)11(15)16/h4-10,13H2,1-3H3,(H,15,16). The largest absolute Gasteiger partial charge is 0.480 e. The van der Waals surface area contributed by atoms with Crippen LogP contribution in [0.3, 0.4) is 0 Å². The molecule has 0 aromatic rings. The molecule has 0 heterocycles. The molecule has 0 aliphatic carbocycles. The van der Waals surface area contributed by atoms with Crippen LogP contribution in [0.2, 0.25) is 0 Å². The molecule has 0 aliphatic heterocycles. The number of nitrogens with two attached hydrogens (primary N) is 1. The summed E-state index contributed by atoms with van der Waals surface area (Å²) in [5.41, 5.74) is 4.58. The number of aliphatic carboxylic acids is 1. The number of hydrogen-bond donors (Lipinski definition) is 2. The smallest absolute Gasteiger partial charge is 0.323 e. The van der Waals surface area contributed by atoms with Crippen molar-refractivity contribution in [2.24, 2.45) is 5.73 Å². The SMILES string of the molecule is CCCCN(C)CCCCC(C)(N)C(=O)O. The van der Waals surface area contributed by atoms with Crippen LogP contribution in [0.4, 0.5) is 0 Å². The number of carboxylic acids is 1. The molecule has 96 valence electrons. The molecule has 0 rings (SSSR count). The first-order valence-corrected chi connectivity index (χ1v) is 6.11. The van der Waals surface area contributed by atoms with Crippen LogP contribution >= 0.6 is 0 Å². The maximum Gasteiger partial charge on any atom is 0.323 e. The Morgan fingerprint density at radius 3 is 2.38 bits per heavy atom. The Bertz CT molecular complexity index is 205. The van der Waals surface area contributed by atoms with Crippen LogP contribution in [0.25, 0.3) is 0 Å². The number of unbranched alkanes of at least 4 members (excludes halogenated alkanes) is 2. The normalized spacial score (nSPS) is 15.1. The highest BCUT2D eigenvalue weighted by Crippen LogP contribution is 2.11. The Labute approximate surface area is 98.8 Å². The van der Waals surface area contributed by atoms with E-state index < -0.39 is 11.5 Å². The minimum absolute atomic E-state index is 0.546.